The standard InChI is InChI=1S/C12H18N2O2/c1-8-3-4-10(9(2)5-8)11(13)6-16-7-12(14)15/h3-5,11H,6-7,13H2,1-2H3,(H2,14,15). The lowest BCUT2D eigenvalue weighted by atomic mass is 10.0. The fourth-order valence-corrected chi connectivity index (χ4v) is 1.62. The smallest absolute Gasteiger partial charge is 0.243 e. The first-order valence-corrected chi connectivity index (χ1v) is 5.19. The summed E-state index contributed by atoms with van der Waals surface area (Å²) in [5, 5.41) is 0. The van der Waals surface area contributed by atoms with Gasteiger partial charge in [0.05, 0.1) is 12.6 Å². The van der Waals surface area contributed by atoms with Gasteiger partial charge in [0, 0.05) is 0 Å². The molecule has 4 N–H and O–H groups in total. The number of carbonyl (C=O) groups excluding carboxylic acids is 1. The van der Waals surface area contributed by atoms with Crippen molar-refractivity contribution in [2.45, 2.75) is 19.9 Å². The summed E-state index contributed by atoms with van der Waals surface area (Å²) in [5.41, 5.74) is 14.3. The van der Waals surface area contributed by atoms with Crippen molar-refractivity contribution >= 4 is 5.91 Å². The molecule has 0 spiro atoms. The van der Waals surface area contributed by atoms with Crippen LogP contribution >= 0.6 is 0 Å². The van der Waals surface area contributed by atoms with Crippen molar-refractivity contribution < 1.29 is 9.53 Å². The van der Waals surface area contributed by atoms with Gasteiger partial charge in [0.1, 0.15) is 6.61 Å². The molecule has 0 saturated heterocycles. The van der Waals surface area contributed by atoms with E-state index in [9.17, 15) is 4.79 Å². The predicted octanol–water partition coefficient (Wildman–Crippen LogP) is 0.805. The van der Waals surface area contributed by atoms with Crippen LogP contribution in [-0.2, 0) is 9.53 Å². The summed E-state index contributed by atoms with van der Waals surface area (Å²) in [5.74, 6) is -0.479. The summed E-state index contributed by atoms with van der Waals surface area (Å²) in [4.78, 5) is 10.5. The SMILES string of the molecule is Cc1ccc(C(N)COCC(N)=O)c(C)c1. The maximum absolute atomic E-state index is 10.5. The minimum Gasteiger partial charge on any atom is -0.370 e. The normalized spacial score (nSPS) is 12.4. The number of amides is 1. The zero-order valence-corrected chi connectivity index (χ0v) is 9.69. The number of hydrogen-bond donors (Lipinski definition) is 2. The molecule has 0 aliphatic rings. The molecule has 1 aromatic carbocycles. The van der Waals surface area contributed by atoms with Crippen molar-refractivity contribution in [1.82, 2.24) is 0 Å². The molecular weight excluding hydrogens is 204 g/mol. The lowest BCUT2D eigenvalue weighted by Crippen LogP contribution is -2.23. The van der Waals surface area contributed by atoms with Gasteiger partial charge in [-0.3, -0.25) is 4.79 Å². The Bertz CT molecular complexity index is 377. The molecule has 88 valence electrons. The van der Waals surface area contributed by atoms with E-state index in [1.807, 2.05) is 26.0 Å². The van der Waals surface area contributed by atoms with Gasteiger partial charge in [-0.2, -0.15) is 0 Å². The van der Waals surface area contributed by atoms with Gasteiger partial charge < -0.3 is 16.2 Å². The van der Waals surface area contributed by atoms with Crippen molar-refractivity contribution in [3.05, 3.63) is 34.9 Å². The summed E-state index contributed by atoms with van der Waals surface area (Å²) in [6.07, 6.45) is 0. The van der Waals surface area contributed by atoms with Gasteiger partial charge in [-0.05, 0) is 25.0 Å². The second-order valence-corrected chi connectivity index (χ2v) is 3.95. The number of aryl methyl sites for hydroxylation is 2. The van der Waals surface area contributed by atoms with E-state index in [2.05, 4.69) is 6.07 Å². The molecule has 0 bridgehead atoms. The zero-order valence-electron chi connectivity index (χ0n) is 9.69. The van der Waals surface area contributed by atoms with Crippen LogP contribution in [0.15, 0.2) is 18.2 Å². The molecule has 0 fully saturated rings. The maximum atomic E-state index is 10.5. The predicted molar refractivity (Wildman–Crippen MR) is 62.9 cm³/mol. The number of nitrogens with two attached hydrogens (primary N) is 2. The monoisotopic (exact) mass is 222 g/mol. The molecule has 0 saturated carbocycles. The maximum Gasteiger partial charge on any atom is 0.243 e. The quantitative estimate of drug-likeness (QED) is 0.773. The van der Waals surface area contributed by atoms with E-state index in [1.165, 1.54) is 5.56 Å². The molecule has 1 atom stereocenters. The molecule has 4 heteroatoms. The van der Waals surface area contributed by atoms with Crippen LogP contribution in [0.4, 0.5) is 0 Å². The number of primary amides is 1. The van der Waals surface area contributed by atoms with Crippen molar-refractivity contribution in [3.63, 3.8) is 0 Å². The number of carbonyl (C=O) groups is 1. The van der Waals surface area contributed by atoms with Gasteiger partial charge in [0.25, 0.3) is 0 Å². The van der Waals surface area contributed by atoms with E-state index in [-0.39, 0.29) is 12.6 Å². The minimum atomic E-state index is -0.479. The number of hydrogen-bond acceptors (Lipinski definition) is 3. The Labute approximate surface area is 95.6 Å². The van der Waals surface area contributed by atoms with Crippen LogP contribution in [0, 0.1) is 13.8 Å². The molecule has 1 rings (SSSR count). The van der Waals surface area contributed by atoms with Crippen LogP contribution < -0.4 is 11.5 Å². The Morgan fingerprint density at radius 2 is 2.12 bits per heavy atom. The Morgan fingerprint density at radius 1 is 1.44 bits per heavy atom. The molecule has 16 heavy (non-hydrogen) atoms. The van der Waals surface area contributed by atoms with E-state index in [0.717, 1.165) is 11.1 Å². The average molecular weight is 222 g/mol. The summed E-state index contributed by atoms with van der Waals surface area (Å²) >= 11 is 0. The van der Waals surface area contributed by atoms with Crippen LogP contribution in [-0.4, -0.2) is 19.1 Å². The highest BCUT2D eigenvalue weighted by molar-refractivity contribution is 5.74. The Kier molecular flexibility index (Phi) is 4.46. The first kappa shape index (κ1) is 12.7. The Morgan fingerprint density at radius 3 is 2.69 bits per heavy atom. The minimum absolute atomic E-state index is 0.0847. The molecule has 0 radical (unpaired) electrons. The highest BCUT2D eigenvalue weighted by Crippen LogP contribution is 2.17. The molecule has 4 nitrogen and oxygen atoms in total. The first-order valence-electron chi connectivity index (χ1n) is 5.19. The van der Waals surface area contributed by atoms with Gasteiger partial charge in [-0.25, -0.2) is 0 Å². The molecule has 1 aromatic rings. The van der Waals surface area contributed by atoms with E-state index in [1.54, 1.807) is 0 Å². The van der Waals surface area contributed by atoms with Crippen LogP contribution in [0.2, 0.25) is 0 Å². The third-order valence-corrected chi connectivity index (χ3v) is 2.37. The Hall–Kier alpha value is -1.39. The van der Waals surface area contributed by atoms with E-state index >= 15 is 0 Å². The van der Waals surface area contributed by atoms with Gasteiger partial charge in [0.15, 0.2) is 0 Å². The van der Waals surface area contributed by atoms with E-state index < -0.39 is 5.91 Å². The lowest BCUT2D eigenvalue weighted by Gasteiger charge is -2.15. The van der Waals surface area contributed by atoms with Crippen molar-refractivity contribution in [3.8, 4) is 0 Å². The molecule has 0 aliphatic carbocycles. The molecule has 0 heterocycles. The van der Waals surface area contributed by atoms with Crippen LogP contribution in [0.3, 0.4) is 0 Å². The molecule has 0 aromatic heterocycles. The van der Waals surface area contributed by atoms with E-state index in [4.69, 9.17) is 16.2 Å². The lowest BCUT2D eigenvalue weighted by molar-refractivity contribution is -0.122. The van der Waals surface area contributed by atoms with E-state index in [0.29, 0.717) is 6.61 Å². The van der Waals surface area contributed by atoms with Gasteiger partial charge >= 0.3 is 0 Å². The van der Waals surface area contributed by atoms with Gasteiger partial charge in [-0.15, -0.1) is 0 Å². The zero-order chi connectivity index (χ0) is 12.1. The molecule has 1 amide bonds. The van der Waals surface area contributed by atoms with Crippen LogP contribution in [0.25, 0.3) is 0 Å². The molecule has 0 aliphatic heterocycles. The fraction of sp³-hybridized carbons (Fsp3) is 0.417. The topological polar surface area (TPSA) is 78.3 Å². The van der Waals surface area contributed by atoms with Gasteiger partial charge in [-0.1, -0.05) is 23.8 Å². The third-order valence-electron chi connectivity index (χ3n) is 2.37. The Balaban J connectivity index is 2.58. The third kappa shape index (κ3) is 3.64. The fourth-order valence-electron chi connectivity index (χ4n) is 1.62. The summed E-state index contributed by atoms with van der Waals surface area (Å²) in [6.45, 7) is 4.26. The summed E-state index contributed by atoms with van der Waals surface area (Å²) in [7, 11) is 0. The number of benzene rings is 1. The highest BCUT2D eigenvalue weighted by Gasteiger charge is 2.09. The second-order valence-electron chi connectivity index (χ2n) is 3.95. The van der Waals surface area contributed by atoms with Crippen molar-refractivity contribution in [2.24, 2.45) is 11.5 Å². The summed E-state index contributed by atoms with van der Waals surface area (Å²) in [6, 6.07) is 5.85. The average Bonchev–Trinajstić information content (AvgIpc) is 2.16. The molecule has 1 unspecified atom stereocenters. The number of ether oxygens (including phenoxy) is 1. The molecular formula is C12H18N2O2. The van der Waals surface area contributed by atoms with Crippen molar-refractivity contribution in [2.75, 3.05) is 13.2 Å². The highest BCUT2D eigenvalue weighted by atomic mass is 16.5. The summed E-state index contributed by atoms with van der Waals surface area (Å²) < 4.78 is 5.10. The largest absolute Gasteiger partial charge is 0.370 e. The second kappa shape index (κ2) is 5.63. The van der Waals surface area contributed by atoms with Crippen molar-refractivity contribution in [1.29, 1.82) is 0 Å². The van der Waals surface area contributed by atoms with Gasteiger partial charge in [0.2, 0.25) is 5.91 Å². The number of rotatable bonds is 5. The van der Waals surface area contributed by atoms with Crippen LogP contribution in [0.5, 0.6) is 0 Å². The first-order chi connectivity index (χ1) is 7.50. The van der Waals surface area contributed by atoms with Crippen LogP contribution in [0.1, 0.15) is 22.7 Å².